The maximum absolute atomic E-state index is 12.8. The molecule has 0 atom stereocenters. The number of phenolic OH excluding ortho intramolecular Hbond substituents is 1. The van der Waals surface area contributed by atoms with E-state index >= 15 is 0 Å². The van der Waals surface area contributed by atoms with Gasteiger partial charge in [-0.15, -0.1) is 0 Å². The summed E-state index contributed by atoms with van der Waals surface area (Å²) in [5, 5.41) is 15.6. The Balaban J connectivity index is 1.60. The summed E-state index contributed by atoms with van der Waals surface area (Å²) in [5.41, 5.74) is 2.33. The fraction of sp³-hybridized carbons (Fsp3) is 0.136. The molecule has 3 aromatic carbocycles. The normalized spacial score (nSPS) is 11.2. The van der Waals surface area contributed by atoms with E-state index < -0.39 is 0 Å². The lowest BCUT2D eigenvalue weighted by Gasteiger charge is -2.08. The first-order valence-electron chi connectivity index (χ1n) is 8.77. The molecule has 4 rings (SSSR count). The third-order valence-corrected chi connectivity index (χ3v) is 5.50. The largest absolute Gasteiger partial charge is 0.507 e. The number of aryl methyl sites for hydroxylation is 1. The van der Waals surface area contributed by atoms with Gasteiger partial charge in [-0.25, -0.2) is 0 Å². The van der Waals surface area contributed by atoms with Crippen molar-refractivity contribution in [2.75, 3.05) is 0 Å². The zero-order valence-electron chi connectivity index (χ0n) is 14.8. The summed E-state index contributed by atoms with van der Waals surface area (Å²) in [7, 11) is 0. The van der Waals surface area contributed by atoms with Crippen LogP contribution in [0.15, 0.2) is 63.5 Å². The number of hydrogen-bond donors (Lipinski definition) is 2. The van der Waals surface area contributed by atoms with Crippen molar-refractivity contribution in [3.63, 3.8) is 0 Å². The van der Waals surface area contributed by atoms with Gasteiger partial charge in [-0.2, -0.15) is 0 Å². The number of carbonyl (C=O) groups excluding carboxylic acids is 1. The van der Waals surface area contributed by atoms with Crippen molar-refractivity contribution in [3.05, 3.63) is 76.0 Å². The molecule has 1 amide bonds. The van der Waals surface area contributed by atoms with Crippen LogP contribution in [0.25, 0.3) is 21.7 Å². The number of hydrogen-bond acceptors (Lipinski definition) is 3. The summed E-state index contributed by atoms with van der Waals surface area (Å²) in [6, 6.07) is 17.0. The van der Waals surface area contributed by atoms with Crippen LogP contribution in [0.1, 0.15) is 28.6 Å². The molecular formula is C22H18BrNO3. The van der Waals surface area contributed by atoms with Gasteiger partial charge < -0.3 is 14.8 Å². The van der Waals surface area contributed by atoms with Crippen molar-refractivity contribution in [1.29, 1.82) is 0 Å². The number of benzene rings is 3. The molecule has 0 aliphatic heterocycles. The van der Waals surface area contributed by atoms with Gasteiger partial charge >= 0.3 is 0 Å². The summed E-state index contributed by atoms with van der Waals surface area (Å²) in [4.78, 5) is 12.8. The minimum absolute atomic E-state index is 0.135. The van der Waals surface area contributed by atoms with Gasteiger partial charge in [0.2, 0.25) is 0 Å². The van der Waals surface area contributed by atoms with Crippen molar-refractivity contribution >= 4 is 43.6 Å². The van der Waals surface area contributed by atoms with E-state index in [1.165, 1.54) is 0 Å². The Hall–Kier alpha value is -2.79. The minimum atomic E-state index is -0.135. The molecule has 1 aromatic heterocycles. The second kappa shape index (κ2) is 7.08. The predicted octanol–water partition coefficient (Wildman–Crippen LogP) is 5.55. The van der Waals surface area contributed by atoms with E-state index in [9.17, 15) is 9.90 Å². The van der Waals surface area contributed by atoms with E-state index in [1.54, 1.807) is 6.07 Å². The van der Waals surface area contributed by atoms with E-state index in [2.05, 4.69) is 21.2 Å². The molecule has 27 heavy (non-hydrogen) atoms. The fourth-order valence-corrected chi connectivity index (χ4v) is 3.80. The molecule has 4 nitrogen and oxygen atoms in total. The maximum Gasteiger partial charge on any atom is 0.255 e. The Labute approximate surface area is 164 Å². The second-order valence-corrected chi connectivity index (χ2v) is 7.18. The number of rotatable bonds is 4. The average molecular weight is 424 g/mol. The summed E-state index contributed by atoms with van der Waals surface area (Å²) >= 11 is 3.40. The Kier molecular flexibility index (Phi) is 4.62. The first-order valence-corrected chi connectivity index (χ1v) is 9.56. The van der Waals surface area contributed by atoms with Crippen molar-refractivity contribution < 1.29 is 14.3 Å². The number of nitrogens with one attached hydrogen (secondary N) is 1. The number of carbonyl (C=O) groups is 1. The van der Waals surface area contributed by atoms with Crippen LogP contribution in [-0.4, -0.2) is 11.0 Å². The molecule has 0 fully saturated rings. The number of fused-ring (bicyclic) bond motifs is 2. The molecule has 0 saturated heterocycles. The number of amides is 1. The molecule has 0 radical (unpaired) electrons. The number of phenols is 1. The summed E-state index contributed by atoms with van der Waals surface area (Å²) in [6.45, 7) is 2.39. The highest BCUT2D eigenvalue weighted by Gasteiger charge is 2.19. The van der Waals surface area contributed by atoms with Crippen molar-refractivity contribution in [3.8, 4) is 5.75 Å². The molecule has 0 bridgehead atoms. The van der Waals surface area contributed by atoms with E-state index in [0.29, 0.717) is 28.8 Å². The van der Waals surface area contributed by atoms with Gasteiger partial charge in [-0.3, -0.25) is 4.79 Å². The molecule has 1 heterocycles. The molecule has 0 aliphatic carbocycles. The number of furan rings is 1. The van der Waals surface area contributed by atoms with Crippen molar-refractivity contribution in [1.82, 2.24) is 5.32 Å². The van der Waals surface area contributed by atoms with Gasteiger partial charge in [0.05, 0.1) is 10.0 Å². The fourth-order valence-electron chi connectivity index (χ4n) is 3.30. The topological polar surface area (TPSA) is 62.5 Å². The van der Waals surface area contributed by atoms with E-state index in [1.807, 2.05) is 55.5 Å². The first-order chi connectivity index (χ1) is 13.1. The standard InChI is InChI=1S/C22H18BrNO3/c1-2-18-20(16-5-3-4-6-19(16)27-18)22(26)24-12-13-7-9-15-14(11-13)8-10-17(25)21(15)23/h3-11,25H,2,12H2,1H3,(H,24,26). The summed E-state index contributed by atoms with van der Waals surface area (Å²) in [5.74, 6) is 0.776. The monoisotopic (exact) mass is 423 g/mol. The van der Waals surface area contributed by atoms with Crippen LogP contribution in [0.5, 0.6) is 5.75 Å². The molecule has 0 saturated carbocycles. The first kappa shape index (κ1) is 17.6. The van der Waals surface area contributed by atoms with Crippen molar-refractivity contribution in [2.45, 2.75) is 19.9 Å². The van der Waals surface area contributed by atoms with Gasteiger partial charge in [-0.05, 0) is 50.5 Å². The number of aromatic hydroxyl groups is 1. The lowest BCUT2D eigenvalue weighted by Crippen LogP contribution is -2.23. The summed E-state index contributed by atoms with van der Waals surface area (Å²) in [6.07, 6.45) is 0.658. The highest BCUT2D eigenvalue weighted by atomic mass is 79.9. The number of halogens is 1. The van der Waals surface area contributed by atoms with Gasteiger partial charge in [-0.1, -0.05) is 43.3 Å². The zero-order chi connectivity index (χ0) is 19.0. The molecule has 136 valence electrons. The van der Waals surface area contributed by atoms with E-state index in [-0.39, 0.29) is 11.7 Å². The Morgan fingerprint density at radius 1 is 1.11 bits per heavy atom. The summed E-state index contributed by atoms with van der Waals surface area (Å²) < 4.78 is 6.49. The van der Waals surface area contributed by atoms with Crippen LogP contribution in [0.3, 0.4) is 0 Å². The van der Waals surface area contributed by atoms with Crippen LogP contribution in [0.2, 0.25) is 0 Å². The van der Waals surface area contributed by atoms with Crippen LogP contribution in [0.4, 0.5) is 0 Å². The molecule has 0 aliphatic rings. The van der Waals surface area contributed by atoms with E-state index in [4.69, 9.17) is 4.42 Å². The number of para-hydroxylation sites is 1. The Morgan fingerprint density at radius 2 is 1.93 bits per heavy atom. The molecule has 5 heteroatoms. The van der Waals surface area contributed by atoms with Crippen LogP contribution >= 0.6 is 15.9 Å². The smallest absolute Gasteiger partial charge is 0.255 e. The highest BCUT2D eigenvalue weighted by Crippen LogP contribution is 2.32. The predicted molar refractivity (Wildman–Crippen MR) is 110 cm³/mol. The third-order valence-electron chi connectivity index (χ3n) is 4.67. The van der Waals surface area contributed by atoms with Gasteiger partial charge in [0, 0.05) is 18.4 Å². The van der Waals surface area contributed by atoms with E-state index in [0.717, 1.165) is 27.3 Å². The lowest BCUT2D eigenvalue weighted by atomic mass is 10.1. The third kappa shape index (κ3) is 3.19. The SMILES string of the molecule is CCc1oc2ccccc2c1C(=O)NCc1ccc2c(Br)c(O)ccc2c1. The van der Waals surface area contributed by atoms with Gasteiger partial charge in [0.15, 0.2) is 0 Å². The van der Waals surface area contributed by atoms with Gasteiger partial charge in [0.25, 0.3) is 5.91 Å². The maximum atomic E-state index is 12.8. The van der Waals surface area contributed by atoms with Crippen LogP contribution < -0.4 is 5.32 Å². The van der Waals surface area contributed by atoms with Crippen LogP contribution in [-0.2, 0) is 13.0 Å². The average Bonchev–Trinajstić information content (AvgIpc) is 3.07. The zero-order valence-corrected chi connectivity index (χ0v) is 16.3. The molecule has 0 unspecified atom stereocenters. The highest BCUT2D eigenvalue weighted by molar-refractivity contribution is 9.10. The Bertz CT molecular complexity index is 1160. The molecule has 0 spiro atoms. The van der Waals surface area contributed by atoms with Gasteiger partial charge in [0.1, 0.15) is 17.1 Å². The molecule has 2 N–H and O–H groups in total. The van der Waals surface area contributed by atoms with Crippen LogP contribution in [0, 0.1) is 0 Å². The molecule has 4 aromatic rings. The minimum Gasteiger partial charge on any atom is -0.507 e. The van der Waals surface area contributed by atoms with Crippen molar-refractivity contribution in [2.24, 2.45) is 0 Å². The second-order valence-electron chi connectivity index (χ2n) is 6.39. The quantitative estimate of drug-likeness (QED) is 0.452. The Morgan fingerprint density at radius 3 is 2.74 bits per heavy atom. The molecular weight excluding hydrogens is 406 g/mol. The lowest BCUT2D eigenvalue weighted by molar-refractivity contribution is 0.0950.